The molecule has 3 atom stereocenters. The van der Waals surface area contributed by atoms with Crippen LogP contribution in [0.4, 0.5) is 4.39 Å². The van der Waals surface area contributed by atoms with E-state index in [-0.39, 0.29) is 11.9 Å². The first-order chi connectivity index (χ1) is 8.66. The Morgan fingerprint density at radius 2 is 1.94 bits per heavy atom. The molecule has 3 rings (SSSR count). The molecule has 2 N–H and O–H groups in total. The minimum Gasteiger partial charge on any atom is -0.327 e. The second-order valence-corrected chi connectivity index (χ2v) is 6.13. The van der Waals surface area contributed by atoms with Crippen molar-refractivity contribution < 1.29 is 4.39 Å². The lowest BCUT2D eigenvalue weighted by Crippen LogP contribution is -2.27. The van der Waals surface area contributed by atoms with E-state index in [0.717, 1.165) is 29.4 Å². The molecular weight excluding hydrogens is 225 g/mol. The van der Waals surface area contributed by atoms with Gasteiger partial charge in [-0.05, 0) is 67.2 Å². The molecule has 1 aromatic rings. The first kappa shape index (κ1) is 12.2. The molecule has 98 valence electrons. The van der Waals surface area contributed by atoms with E-state index >= 15 is 0 Å². The monoisotopic (exact) mass is 247 g/mol. The van der Waals surface area contributed by atoms with Gasteiger partial charge in [0.2, 0.25) is 0 Å². The number of rotatable bonds is 3. The van der Waals surface area contributed by atoms with Crippen LogP contribution in [0, 0.1) is 30.5 Å². The standard InChI is InChI=1S/C16H22FN/c1-10-6-7-12(17)8-11(10)9-15(18)16-13-4-2-3-5-14(13)16/h6-8,13-16H,2-5,9,18H2,1H3. The molecule has 2 aliphatic rings. The van der Waals surface area contributed by atoms with Gasteiger partial charge in [0.15, 0.2) is 0 Å². The van der Waals surface area contributed by atoms with Gasteiger partial charge in [0.25, 0.3) is 0 Å². The van der Waals surface area contributed by atoms with Gasteiger partial charge in [-0.1, -0.05) is 18.9 Å². The fourth-order valence-corrected chi connectivity index (χ4v) is 3.93. The Kier molecular flexibility index (Phi) is 3.14. The van der Waals surface area contributed by atoms with E-state index in [2.05, 4.69) is 0 Å². The summed E-state index contributed by atoms with van der Waals surface area (Å²) in [5.74, 6) is 2.32. The van der Waals surface area contributed by atoms with Crippen LogP contribution in [0.2, 0.25) is 0 Å². The van der Waals surface area contributed by atoms with Crippen molar-refractivity contribution >= 4 is 0 Å². The summed E-state index contributed by atoms with van der Waals surface area (Å²) in [7, 11) is 0. The van der Waals surface area contributed by atoms with Gasteiger partial charge >= 0.3 is 0 Å². The Hall–Kier alpha value is -0.890. The molecule has 0 spiro atoms. The van der Waals surface area contributed by atoms with E-state index in [1.165, 1.54) is 31.7 Å². The molecule has 0 amide bonds. The van der Waals surface area contributed by atoms with Crippen LogP contribution in [0.15, 0.2) is 18.2 Å². The molecular formula is C16H22FN. The Morgan fingerprint density at radius 3 is 2.61 bits per heavy atom. The van der Waals surface area contributed by atoms with Crippen LogP contribution >= 0.6 is 0 Å². The Balaban J connectivity index is 1.67. The number of fused-ring (bicyclic) bond motifs is 1. The molecule has 1 nitrogen and oxygen atoms in total. The van der Waals surface area contributed by atoms with Gasteiger partial charge in [0, 0.05) is 6.04 Å². The summed E-state index contributed by atoms with van der Waals surface area (Å²) >= 11 is 0. The first-order valence-electron chi connectivity index (χ1n) is 7.17. The van der Waals surface area contributed by atoms with Gasteiger partial charge in [0.05, 0.1) is 0 Å². The summed E-state index contributed by atoms with van der Waals surface area (Å²) in [6.07, 6.45) is 6.32. The molecule has 0 heterocycles. The number of hydrogen-bond donors (Lipinski definition) is 1. The predicted molar refractivity (Wildman–Crippen MR) is 71.8 cm³/mol. The van der Waals surface area contributed by atoms with Crippen molar-refractivity contribution in [1.29, 1.82) is 0 Å². The third-order valence-electron chi connectivity index (χ3n) is 4.98. The highest BCUT2D eigenvalue weighted by molar-refractivity contribution is 5.28. The van der Waals surface area contributed by atoms with Crippen LogP contribution in [-0.4, -0.2) is 6.04 Å². The van der Waals surface area contributed by atoms with E-state index in [9.17, 15) is 4.39 Å². The summed E-state index contributed by atoms with van der Waals surface area (Å²) < 4.78 is 13.3. The zero-order valence-corrected chi connectivity index (χ0v) is 11.0. The topological polar surface area (TPSA) is 26.0 Å². The number of halogens is 1. The molecule has 0 saturated heterocycles. The smallest absolute Gasteiger partial charge is 0.123 e. The summed E-state index contributed by atoms with van der Waals surface area (Å²) in [6.45, 7) is 2.04. The van der Waals surface area contributed by atoms with Crippen molar-refractivity contribution in [3.8, 4) is 0 Å². The van der Waals surface area contributed by atoms with Gasteiger partial charge in [-0.25, -0.2) is 4.39 Å². The van der Waals surface area contributed by atoms with Crippen molar-refractivity contribution in [3.63, 3.8) is 0 Å². The van der Waals surface area contributed by atoms with Crippen LogP contribution in [-0.2, 0) is 6.42 Å². The van der Waals surface area contributed by atoms with Gasteiger partial charge in [-0.15, -0.1) is 0 Å². The Bertz CT molecular complexity index is 431. The Morgan fingerprint density at radius 1 is 1.28 bits per heavy atom. The van der Waals surface area contributed by atoms with Crippen LogP contribution in [0.25, 0.3) is 0 Å². The second kappa shape index (κ2) is 4.65. The van der Waals surface area contributed by atoms with Crippen LogP contribution in [0.1, 0.15) is 36.8 Å². The molecule has 0 aliphatic heterocycles. The molecule has 2 aliphatic carbocycles. The average Bonchev–Trinajstić information content (AvgIpc) is 3.08. The van der Waals surface area contributed by atoms with E-state index in [1.807, 2.05) is 13.0 Å². The maximum absolute atomic E-state index is 13.3. The highest BCUT2D eigenvalue weighted by Gasteiger charge is 2.52. The fourth-order valence-electron chi connectivity index (χ4n) is 3.93. The lowest BCUT2D eigenvalue weighted by Gasteiger charge is -2.13. The largest absolute Gasteiger partial charge is 0.327 e. The van der Waals surface area contributed by atoms with Crippen molar-refractivity contribution in [2.75, 3.05) is 0 Å². The molecule has 2 heteroatoms. The zero-order chi connectivity index (χ0) is 12.7. The maximum Gasteiger partial charge on any atom is 0.123 e. The molecule has 2 saturated carbocycles. The molecule has 0 aromatic heterocycles. The molecule has 0 radical (unpaired) electrons. The highest BCUT2D eigenvalue weighted by Crippen LogP contribution is 2.56. The van der Waals surface area contributed by atoms with Crippen molar-refractivity contribution in [3.05, 3.63) is 35.1 Å². The number of nitrogens with two attached hydrogens (primary N) is 1. The van der Waals surface area contributed by atoms with Crippen LogP contribution in [0.3, 0.4) is 0 Å². The van der Waals surface area contributed by atoms with Crippen molar-refractivity contribution in [1.82, 2.24) is 0 Å². The average molecular weight is 247 g/mol. The quantitative estimate of drug-likeness (QED) is 0.870. The SMILES string of the molecule is Cc1ccc(F)cc1CC(N)C1C2CCCCC21. The minimum absolute atomic E-state index is 0.143. The normalized spacial score (nSPS) is 31.8. The van der Waals surface area contributed by atoms with Gasteiger partial charge in [0.1, 0.15) is 5.82 Å². The number of aryl methyl sites for hydroxylation is 1. The summed E-state index contributed by atoms with van der Waals surface area (Å²) in [5.41, 5.74) is 8.62. The Labute approximate surface area is 109 Å². The third kappa shape index (κ3) is 2.18. The van der Waals surface area contributed by atoms with E-state index in [4.69, 9.17) is 5.73 Å². The summed E-state index contributed by atoms with van der Waals surface area (Å²) in [5, 5.41) is 0. The zero-order valence-electron chi connectivity index (χ0n) is 11.0. The minimum atomic E-state index is -0.143. The third-order valence-corrected chi connectivity index (χ3v) is 4.98. The van der Waals surface area contributed by atoms with E-state index < -0.39 is 0 Å². The summed E-state index contributed by atoms with van der Waals surface area (Å²) in [4.78, 5) is 0. The van der Waals surface area contributed by atoms with Crippen molar-refractivity contribution in [2.45, 2.75) is 45.1 Å². The van der Waals surface area contributed by atoms with Crippen LogP contribution in [0.5, 0.6) is 0 Å². The predicted octanol–water partition coefficient (Wildman–Crippen LogP) is 3.44. The fraction of sp³-hybridized carbons (Fsp3) is 0.625. The lowest BCUT2D eigenvalue weighted by molar-refractivity contribution is 0.480. The molecule has 1 aromatic carbocycles. The van der Waals surface area contributed by atoms with E-state index in [0.29, 0.717) is 5.92 Å². The van der Waals surface area contributed by atoms with E-state index in [1.54, 1.807) is 6.07 Å². The lowest BCUT2D eigenvalue weighted by atomic mass is 9.97. The second-order valence-electron chi connectivity index (χ2n) is 6.13. The first-order valence-corrected chi connectivity index (χ1v) is 7.17. The number of hydrogen-bond acceptors (Lipinski definition) is 1. The molecule has 18 heavy (non-hydrogen) atoms. The van der Waals surface area contributed by atoms with Gasteiger partial charge < -0.3 is 5.73 Å². The van der Waals surface area contributed by atoms with Crippen LogP contribution < -0.4 is 5.73 Å². The number of benzene rings is 1. The molecule has 0 bridgehead atoms. The van der Waals surface area contributed by atoms with Crippen molar-refractivity contribution in [2.24, 2.45) is 23.5 Å². The maximum atomic E-state index is 13.3. The summed E-state index contributed by atoms with van der Waals surface area (Å²) in [6, 6.07) is 5.26. The van der Waals surface area contributed by atoms with Gasteiger partial charge in [-0.3, -0.25) is 0 Å². The molecule has 2 fully saturated rings. The van der Waals surface area contributed by atoms with Gasteiger partial charge in [-0.2, -0.15) is 0 Å². The highest BCUT2D eigenvalue weighted by atomic mass is 19.1. The molecule has 3 unspecified atom stereocenters.